The fourth-order valence-electron chi connectivity index (χ4n) is 2.61. The molecular formula is C18H19N3O. The standard InChI is InChI=1S/C18H19N3O/c1-12-5-4-6-14(9-12)10-18(22)20-15-7-8-17-16(11-15)19-13(2)21(17)3/h4-9,11H,10H2,1-3H3,(H,20,22). The van der Waals surface area contributed by atoms with Gasteiger partial charge in [0.25, 0.3) is 0 Å². The number of aromatic nitrogens is 2. The van der Waals surface area contributed by atoms with Gasteiger partial charge in [0.15, 0.2) is 0 Å². The number of hydrogen-bond donors (Lipinski definition) is 1. The molecule has 1 N–H and O–H groups in total. The number of amides is 1. The molecule has 0 aliphatic heterocycles. The monoisotopic (exact) mass is 293 g/mol. The first-order valence-electron chi connectivity index (χ1n) is 7.31. The summed E-state index contributed by atoms with van der Waals surface area (Å²) in [5.41, 5.74) is 4.92. The van der Waals surface area contributed by atoms with Crippen molar-refractivity contribution in [3.8, 4) is 0 Å². The van der Waals surface area contributed by atoms with Crippen LogP contribution in [0.2, 0.25) is 0 Å². The molecule has 0 unspecified atom stereocenters. The molecule has 0 aliphatic carbocycles. The van der Waals surface area contributed by atoms with Crippen LogP contribution in [0.5, 0.6) is 0 Å². The quantitative estimate of drug-likeness (QED) is 0.805. The van der Waals surface area contributed by atoms with Crippen LogP contribution in [-0.4, -0.2) is 15.5 Å². The molecule has 1 amide bonds. The van der Waals surface area contributed by atoms with Gasteiger partial charge in [-0.2, -0.15) is 0 Å². The molecule has 0 saturated carbocycles. The lowest BCUT2D eigenvalue weighted by molar-refractivity contribution is -0.115. The van der Waals surface area contributed by atoms with Crippen LogP contribution in [0.1, 0.15) is 17.0 Å². The van der Waals surface area contributed by atoms with Crippen LogP contribution >= 0.6 is 0 Å². The molecule has 1 aromatic heterocycles. The Balaban J connectivity index is 1.76. The Kier molecular flexibility index (Phi) is 3.67. The third-order valence-corrected chi connectivity index (χ3v) is 3.84. The van der Waals surface area contributed by atoms with E-state index in [4.69, 9.17) is 0 Å². The Morgan fingerprint density at radius 1 is 1.18 bits per heavy atom. The molecule has 112 valence electrons. The molecule has 4 nitrogen and oxygen atoms in total. The molecule has 0 spiro atoms. The number of carbonyl (C=O) groups is 1. The van der Waals surface area contributed by atoms with E-state index in [0.29, 0.717) is 6.42 Å². The largest absolute Gasteiger partial charge is 0.331 e. The number of hydrogen-bond acceptors (Lipinski definition) is 2. The number of fused-ring (bicyclic) bond motifs is 1. The van der Waals surface area contributed by atoms with E-state index in [1.807, 2.05) is 67.9 Å². The maximum absolute atomic E-state index is 12.2. The van der Waals surface area contributed by atoms with E-state index in [1.54, 1.807) is 0 Å². The molecule has 4 heteroatoms. The van der Waals surface area contributed by atoms with Crippen molar-refractivity contribution in [2.24, 2.45) is 7.05 Å². The number of aryl methyl sites for hydroxylation is 3. The molecule has 3 rings (SSSR count). The second-order valence-corrected chi connectivity index (χ2v) is 5.64. The van der Waals surface area contributed by atoms with E-state index in [0.717, 1.165) is 33.7 Å². The molecule has 0 atom stereocenters. The molecule has 3 aromatic rings. The van der Waals surface area contributed by atoms with Crippen LogP contribution in [0.15, 0.2) is 42.5 Å². The molecule has 22 heavy (non-hydrogen) atoms. The Hall–Kier alpha value is -2.62. The van der Waals surface area contributed by atoms with E-state index in [-0.39, 0.29) is 5.91 Å². The highest BCUT2D eigenvalue weighted by Gasteiger charge is 2.08. The van der Waals surface area contributed by atoms with Gasteiger partial charge in [0.05, 0.1) is 17.5 Å². The number of anilines is 1. The van der Waals surface area contributed by atoms with Crippen molar-refractivity contribution in [1.29, 1.82) is 0 Å². The molecular weight excluding hydrogens is 274 g/mol. The van der Waals surface area contributed by atoms with Gasteiger partial charge in [-0.3, -0.25) is 4.79 Å². The molecule has 0 bridgehead atoms. The van der Waals surface area contributed by atoms with Crippen LogP contribution in [0, 0.1) is 13.8 Å². The highest BCUT2D eigenvalue weighted by atomic mass is 16.1. The minimum absolute atomic E-state index is 0.0161. The topological polar surface area (TPSA) is 46.9 Å². The van der Waals surface area contributed by atoms with Crippen molar-refractivity contribution in [1.82, 2.24) is 9.55 Å². The minimum Gasteiger partial charge on any atom is -0.331 e. The third-order valence-electron chi connectivity index (χ3n) is 3.84. The average Bonchev–Trinajstić information content (AvgIpc) is 2.73. The van der Waals surface area contributed by atoms with E-state index < -0.39 is 0 Å². The Bertz CT molecular complexity index is 849. The Morgan fingerprint density at radius 2 is 2.00 bits per heavy atom. The zero-order chi connectivity index (χ0) is 15.7. The minimum atomic E-state index is -0.0161. The number of nitrogens with zero attached hydrogens (tertiary/aromatic N) is 2. The molecule has 0 saturated heterocycles. The summed E-state index contributed by atoms with van der Waals surface area (Å²) in [5.74, 6) is 0.941. The van der Waals surface area contributed by atoms with Crippen molar-refractivity contribution in [2.45, 2.75) is 20.3 Å². The Labute approximate surface area is 129 Å². The van der Waals surface area contributed by atoms with Crippen molar-refractivity contribution in [2.75, 3.05) is 5.32 Å². The van der Waals surface area contributed by atoms with Gasteiger partial charge >= 0.3 is 0 Å². The van der Waals surface area contributed by atoms with Crippen LogP contribution in [0.3, 0.4) is 0 Å². The van der Waals surface area contributed by atoms with Crippen molar-refractivity contribution >= 4 is 22.6 Å². The van der Waals surface area contributed by atoms with Gasteiger partial charge in [0.2, 0.25) is 5.91 Å². The number of imidazole rings is 1. The maximum Gasteiger partial charge on any atom is 0.228 e. The second kappa shape index (κ2) is 5.64. The Morgan fingerprint density at radius 3 is 2.77 bits per heavy atom. The van der Waals surface area contributed by atoms with Gasteiger partial charge in [-0.15, -0.1) is 0 Å². The zero-order valence-corrected chi connectivity index (χ0v) is 13.1. The summed E-state index contributed by atoms with van der Waals surface area (Å²) in [6.45, 7) is 3.99. The lowest BCUT2D eigenvalue weighted by Crippen LogP contribution is -2.14. The third kappa shape index (κ3) is 2.86. The summed E-state index contributed by atoms with van der Waals surface area (Å²) in [6.07, 6.45) is 0.376. The van der Waals surface area contributed by atoms with Crippen molar-refractivity contribution in [3.05, 3.63) is 59.4 Å². The number of nitrogens with one attached hydrogen (secondary N) is 1. The summed E-state index contributed by atoms with van der Waals surface area (Å²) in [5, 5.41) is 2.94. The van der Waals surface area contributed by atoms with Gasteiger partial charge in [0.1, 0.15) is 5.82 Å². The van der Waals surface area contributed by atoms with Gasteiger partial charge in [0, 0.05) is 12.7 Å². The summed E-state index contributed by atoms with van der Waals surface area (Å²) in [7, 11) is 1.99. The summed E-state index contributed by atoms with van der Waals surface area (Å²) >= 11 is 0. The maximum atomic E-state index is 12.2. The second-order valence-electron chi connectivity index (χ2n) is 5.64. The number of carbonyl (C=O) groups excluding carboxylic acids is 1. The first kappa shape index (κ1) is 14.3. The van der Waals surface area contributed by atoms with Crippen LogP contribution in [-0.2, 0) is 18.3 Å². The predicted octanol–water partition coefficient (Wildman–Crippen LogP) is 3.37. The number of rotatable bonds is 3. The fourth-order valence-corrected chi connectivity index (χ4v) is 2.61. The molecule has 0 aliphatic rings. The number of benzene rings is 2. The summed E-state index contributed by atoms with van der Waals surface area (Å²) in [6, 6.07) is 13.8. The van der Waals surface area contributed by atoms with Crippen LogP contribution in [0.25, 0.3) is 11.0 Å². The lowest BCUT2D eigenvalue weighted by atomic mass is 10.1. The predicted molar refractivity (Wildman–Crippen MR) is 89.0 cm³/mol. The average molecular weight is 293 g/mol. The molecule has 1 heterocycles. The summed E-state index contributed by atoms with van der Waals surface area (Å²) < 4.78 is 2.04. The van der Waals surface area contributed by atoms with Crippen molar-refractivity contribution < 1.29 is 4.79 Å². The van der Waals surface area contributed by atoms with E-state index in [9.17, 15) is 4.79 Å². The smallest absolute Gasteiger partial charge is 0.228 e. The molecule has 0 fully saturated rings. The normalized spacial score (nSPS) is 10.9. The summed E-state index contributed by atoms with van der Waals surface area (Å²) in [4.78, 5) is 16.7. The zero-order valence-electron chi connectivity index (χ0n) is 13.1. The van der Waals surface area contributed by atoms with Gasteiger partial charge in [-0.25, -0.2) is 4.98 Å². The van der Waals surface area contributed by atoms with Crippen molar-refractivity contribution in [3.63, 3.8) is 0 Å². The van der Waals surface area contributed by atoms with Crippen LogP contribution < -0.4 is 5.32 Å². The lowest BCUT2D eigenvalue weighted by Gasteiger charge is -2.06. The van der Waals surface area contributed by atoms with E-state index >= 15 is 0 Å². The fraction of sp³-hybridized carbons (Fsp3) is 0.222. The van der Waals surface area contributed by atoms with Gasteiger partial charge in [-0.1, -0.05) is 29.8 Å². The first-order valence-corrected chi connectivity index (χ1v) is 7.31. The first-order chi connectivity index (χ1) is 10.5. The van der Waals surface area contributed by atoms with E-state index in [2.05, 4.69) is 10.3 Å². The SMILES string of the molecule is Cc1cccc(CC(=O)Nc2ccc3c(c2)nc(C)n3C)c1. The highest BCUT2D eigenvalue weighted by Crippen LogP contribution is 2.19. The van der Waals surface area contributed by atoms with Crippen LogP contribution in [0.4, 0.5) is 5.69 Å². The highest BCUT2D eigenvalue weighted by molar-refractivity contribution is 5.94. The van der Waals surface area contributed by atoms with Gasteiger partial charge < -0.3 is 9.88 Å². The molecule has 0 radical (unpaired) electrons. The van der Waals surface area contributed by atoms with E-state index in [1.165, 1.54) is 0 Å². The molecule has 2 aromatic carbocycles. The van der Waals surface area contributed by atoms with Gasteiger partial charge in [-0.05, 0) is 37.6 Å².